The molecule has 1 saturated carbocycles. The monoisotopic (exact) mass is 534 g/mol. The van der Waals surface area contributed by atoms with Crippen LogP contribution >= 0.6 is 0 Å². The standard InChI is InChI=1S/C29H30N2O6S/c32-18-24-6-1-2-15-31(24)38(34,35)25-10-7-20(8-11-25)21-4-3-5-23(16-21)30-28(33)29(13-14-29)22-9-12-26-27(17-22)37-19-36-26/h3-5,7-12,16-17,24,32H,1-2,6,13-15,18-19H2,(H,30,33). The molecule has 1 amide bonds. The Morgan fingerprint density at radius 2 is 1.76 bits per heavy atom. The number of hydrogen-bond donors (Lipinski definition) is 2. The predicted octanol–water partition coefficient (Wildman–Crippen LogP) is 4.29. The number of hydrogen-bond acceptors (Lipinski definition) is 6. The number of fused-ring (bicyclic) bond motifs is 1. The molecule has 1 saturated heterocycles. The highest BCUT2D eigenvalue weighted by atomic mass is 32.2. The first kappa shape index (κ1) is 24.9. The average Bonchev–Trinajstić information content (AvgIpc) is 3.64. The zero-order chi connectivity index (χ0) is 26.3. The Kier molecular flexibility index (Phi) is 6.37. The molecule has 6 rings (SSSR count). The van der Waals surface area contributed by atoms with E-state index in [2.05, 4.69) is 5.32 Å². The topological polar surface area (TPSA) is 105 Å². The number of piperidine rings is 1. The summed E-state index contributed by atoms with van der Waals surface area (Å²) >= 11 is 0. The van der Waals surface area contributed by atoms with E-state index in [1.807, 2.05) is 42.5 Å². The van der Waals surface area contributed by atoms with Crippen LogP contribution in [-0.2, 0) is 20.2 Å². The molecule has 1 atom stereocenters. The first-order valence-electron chi connectivity index (χ1n) is 13.0. The van der Waals surface area contributed by atoms with Crippen molar-refractivity contribution in [2.75, 3.05) is 25.3 Å². The summed E-state index contributed by atoms with van der Waals surface area (Å²) in [6, 6.07) is 19.6. The lowest BCUT2D eigenvalue weighted by molar-refractivity contribution is -0.118. The first-order valence-corrected chi connectivity index (χ1v) is 14.4. The number of sulfonamides is 1. The molecular weight excluding hydrogens is 504 g/mol. The molecule has 0 bridgehead atoms. The molecule has 3 aliphatic rings. The molecule has 1 unspecified atom stereocenters. The van der Waals surface area contributed by atoms with Crippen LogP contribution in [0.4, 0.5) is 5.69 Å². The number of carbonyl (C=O) groups excluding carboxylic acids is 1. The molecule has 38 heavy (non-hydrogen) atoms. The number of nitrogens with zero attached hydrogens (tertiary/aromatic N) is 1. The molecule has 3 aromatic rings. The molecule has 2 fully saturated rings. The number of carbonyl (C=O) groups is 1. The minimum Gasteiger partial charge on any atom is -0.454 e. The molecule has 2 N–H and O–H groups in total. The molecule has 9 heteroatoms. The molecule has 0 aromatic heterocycles. The van der Waals surface area contributed by atoms with Crippen LogP contribution in [0.5, 0.6) is 11.5 Å². The fourth-order valence-corrected chi connectivity index (χ4v) is 7.11. The van der Waals surface area contributed by atoms with Crippen molar-refractivity contribution in [2.24, 2.45) is 0 Å². The van der Waals surface area contributed by atoms with Crippen LogP contribution in [-0.4, -0.2) is 49.7 Å². The minimum absolute atomic E-state index is 0.0603. The van der Waals surface area contributed by atoms with Gasteiger partial charge in [0.25, 0.3) is 0 Å². The zero-order valence-corrected chi connectivity index (χ0v) is 21.7. The van der Waals surface area contributed by atoms with Crippen molar-refractivity contribution in [2.45, 2.75) is 48.5 Å². The fraction of sp³-hybridized carbons (Fsp3) is 0.345. The quantitative estimate of drug-likeness (QED) is 0.469. The third kappa shape index (κ3) is 4.44. The number of anilines is 1. The smallest absolute Gasteiger partial charge is 0.243 e. The second-order valence-corrected chi connectivity index (χ2v) is 12.0. The largest absolute Gasteiger partial charge is 0.454 e. The molecule has 1 aliphatic carbocycles. The van der Waals surface area contributed by atoms with Crippen LogP contribution in [0.15, 0.2) is 71.6 Å². The summed E-state index contributed by atoms with van der Waals surface area (Å²) in [6.07, 6.45) is 3.91. The van der Waals surface area contributed by atoms with Crippen molar-refractivity contribution in [1.82, 2.24) is 4.31 Å². The van der Waals surface area contributed by atoms with E-state index in [9.17, 15) is 18.3 Å². The van der Waals surface area contributed by atoms with Crippen molar-refractivity contribution in [3.8, 4) is 22.6 Å². The summed E-state index contributed by atoms with van der Waals surface area (Å²) in [5.74, 6) is 1.30. The van der Waals surface area contributed by atoms with Gasteiger partial charge in [-0.15, -0.1) is 0 Å². The van der Waals surface area contributed by atoms with E-state index in [4.69, 9.17) is 9.47 Å². The molecule has 2 heterocycles. The van der Waals surface area contributed by atoms with Gasteiger partial charge in [0.2, 0.25) is 22.7 Å². The molecular formula is C29H30N2O6S. The lowest BCUT2D eigenvalue weighted by atomic mass is 9.94. The Labute approximate surface area is 222 Å². The third-order valence-corrected chi connectivity index (χ3v) is 9.77. The highest BCUT2D eigenvalue weighted by Crippen LogP contribution is 2.51. The van der Waals surface area contributed by atoms with Gasteiger partial charge in [-0.1, -0.05) is 36.8 Å². The van der Waals surface area contributed by atoms with Gasteiger partial charge < -0.3 is 19.9 Å². The van der Waals surface area contributed by atoms with Gasteiger partial charge in [-0.25, -0.2) is 8.42 Å². The van der Waals surface area contributed by atoms with E-state index in [1.165, 1.54) is 4.31 Å². The van der Waals surface area contributed by atoms with Gasteiger partial charge >= 0.3 is 0 Å². The summed E-state index contributed by atoms with van der Waals surface area (Å²) in [4.78, 5) is 13.5. The third-order valence-electron chi connectivity index (χ3n) is 7.81. The van der Waals surface area contributed by atoms with E-state index in [0.717, 1.165) is 42.4 Å². The van der Waals surface area contributed by atoms with Crippen LogP contribution < -0.4 is 14.8 Å². The maximum Gasteiger partial charge on any atom is 0.243 e. The van der Waals surface area contributed by atoms with Gasteiger partial charge in [0.15, 0.2) is 11.5 Å². The van der Waals surface area contributed by atoms with Gasteiger partial charge in [0.05, 0.1) is 16.9 Å². The number of benzene rings is 3. The molecule has 0 radical (unpaired) electrons. The van der Waals surface area contributed by atoms with E-state index in [1.54, 1.807) is 24.3 Å². The van der Waals surface area contributed by atoms with Crippen molar-refractivity contribution in [3.63, 3.8) is 0 Å². The van der Waals surface area contributed by atoms with E-state index < -0.39 is 15.4 Å². The second-order valence-electron chi connectivity index (χ2n) is 10.2. The summed E-state index contributed by atoms with van der Waals surface area (Å²) in [5, 5.41) is 12.7. The van der Waals surface area contributed by atoms with Crippen molar-refractivity contribution < 1.29 is 27.8 Å². The van der Waals surface area contributed by atoms with Crippen LogP contribution in [0.1, 0.15) is 37.7 Å². The lowest BCUT2D eigenvalue weighted by Gasteiger charge is -2.33. The number of rotatable bonds is 7. The number of ether oxygens (including phenoxy) is 2. The van der Waals surface area contributed by atoms with Gasteiger partial charge in [-0.05, 0) is 78.8 Å². The van der Waals surface area contributed by atoms with Crippen molar-refractivity contribution in [3.05, 3.63) is 72.3 Å². The van der Waals surface area contributed by atoms with E-state index in [-0.39, 0.29) is 30.2 Å². The summed E-state index contributed by atoms with van der Waals surface area (Å²) in [5.41, 5.74) is 2.73. The molecule has 0 spiro atoms. The Balaban J connectivity index is 1.19. The fourth-order valence-electron chi connectivity index (χ4n) is 5.42. The zero-order valence-electron chi connectivity index (χ0n) is 20.9. The van der Waals surface area contributed by atoms with Crippen LogP contribution in [0.2, 0.25) is 0 Å². The maximum absolute atomic E-state index is 13.3. The average molecular weight is 535 g/mol. The van der Waals surface area contributed by atoms with Gasteiger partial charge in [0, 0.05) is 18.3 Å². The second kappa shape index (κ2) is 9.72. The highest BCUT2D eigenvalue weighted by Gasteiger charge is 2.51. The normalized spacial score (nSPS) is 20.2. The van der Waals surface area contributed by atoms with Gasteiger partial charge in [-0.3, -0.25) is 4.79 Å². The summed E-state index contributed by atoms with van der Waals surface area (Å²) in [7, 11) is -3.69. The van der Waals surface area contributed by atoms with Gasteiger partial charge in [-0.2, -0.15) is 4.31 Å². The SMILES string of the molecule is O=C(Nc1cccc(-c2ccc(S(=O)(=O)N3CCCCC3CO)cc2)c1)C1(c2ccc3c(c2)OCO3)CC1. The first-order chi connectivity index (χ1) is 18.4. The highest BCUT2D eigenvalue weighted by molar-refractivity contribution is 7.89. The molecule has 2 aliphatic heterocycles. The Morgan fingerprint density at radius 3 is 2.53 bits per heavy atom. The minimum atomic E-state index is -3.69. The number of aliphatic hydroxyl groups excluding tert-OH is 1. The molecule has 8 nitrogen and oxygen atoms in total. The molecule has 3 aromatic carbocycles. The van der Waals surface area contributed by atoms with Crippen LogP contribution in [0.3, 0.4) is 0 Å². The maximum atomic E-state index is 13.3. The number of nitrogens with one attached hydrogen (secondary N) is 1. The van der Waals surface area contributed by atoms with Crippen molar-refractivity contribution in [1.29, 1.82) is 0 Å². The Bertz CT molecular complexity index is 1470. The summed E-state index contributed by atoms with van der Waals surface area (Å²) in [6.45, 7) is 0.440. The van der Waals surface area contributed by atoms with Crippen molar-refractivity contribution >= 4 is 21.6 Å². The summed E-state index contributed by atoms with van der Waals surface area (Å²) < 4.78 is 38.7. The number of aliphatic hydroxyl groups is 1. The van der Waals surface area contributed by atoms with Gasteiger partial charge in [0.1, 0.15) is 0 Å². The predicted molar refractivity (Wildman–Crippen MR) is 143 cm³/mol. The Morgan fingerprint density at radius 1 is 0.974 bits per heavy atom. The molecule has 198 valence electrons. The van der Waals surface area contributed by atoms with Crippen LogP contribution in [0.25, 0.3) is 11.1 Å². The number of amides is 1. The lowest BCUT2D eigenvalue weighted by Crippen LogP contribution is -2.45. The Hall–Kier alpha value is -3.40. The van der Waals surface area contributed by atoms with E-state index >= 15 is 0 Å². The van der Waals surface area contributed by atoms with E-state index in [0.29, 0.717) is 30.2 Å². The van der Waals surface area contributed by atoms with Crippen LogP contribution in [0, 0.1) is 0 Å².